The first-order valence-electron chi connectivity index (χ1n) is 10.7. The fourth-order valence-electron chi connectivity index (χ4n) is 4.42. The maximum atomic E-state index is 13.5. The Bertz CT molecular complexity index is 1490. The predicted molar refractivity (Wildman–Crippen MR) is 128 cm³/mol. The molecule has 2 aromatic carbocycles. The molecule has 4 aromatic rings. The average molecular weight is 446 g/mol. The Labute approximate surface area is 188 Å². The summed E-state index contributed by atoms with van der Waals surface area (Å²) in [5.74, 6) is -0.302. The number of fused-ring (bicyclic) bond motifs is 2. The Hall–Kier alpha value is -3.45. The van der Waals surface area contributed by atoms with Crippen molar-refractivity contribution in [3.8, 4) is 5.69 Å². The van der Waals surface area contributed by atoms with E-state index in [1.807, 2.05) is 38.1 Å². The van der Waals surface area contributed by atoms with Crippen LogP contribution in [0.2, 0.25) is 0 Å². The summed E-state index contributed by atoms with van der Waals surface area (Å²) in [6, 6.07) is 13.2. The third-order valence-electron chi connectivity index (χ3n) is 6.26. The fourth-order valence-corrected chi connectivity index (χ4v) is 5.25. The Morgan fingerprint density at radius 3 is 2.72 bits per heavy atom. The third-order valence-corrected chi connectivity index (χ3v) is 7.15. The number of aromatic nitrogens is 2. The number of hydrogen-bond acceptors (Lipinski definition) is 4. The lowest BCUT2D eigenvalue weighted by Gasteiger charge is -2.15. The molecule has 0 aliphatic heterocycles. The highest BCUT2D eigenvalue weighted by Gasteiger charge is 2.19. The van der Waals surface area contributed by atoms with Crippen LogP contribution in [0.15, 0.2) is 57.4 Å². The predicted octanol–water partition coefficient (Wildman–Crippen LogP) is 3.96. The van der Waals surface area contributed by atoms with Gasteiger partial charge in [0.25, 0.3) is 5.56 Å². The van der Waals surface area contributed by atoms with Crippen molar-refractivity contribution >= 4 is 33.1 Å². The number of aryl methyl sites for hydroxylation is 3. The largest absolute Gasteiger partial charge is 0.336 e. The van der Waals surface area contributed by atoms with E-state index in [2.05, 4.69) is 11.4 Å². The zero-order valence-electron chi connectivity index (χ0n) is 18.0. The smallest absolute Gasteiger partial charge is 0.325 e. The molecule has 1 N–H and O–H groups in total. The van der Waals surface area contributed by atoms with Gasteiger partial charge in [-0.25, -0.2) is 9.36 Å². The summed E-state index contributed by atoms with van der Waals surface area (Å²) in [5, 5.41) is 4.69. The molecule has 0 radical (unpaired) electrons. The van der Waals surface area contributed by atoms with Crippen LogP contribution in [0.5, 0.6) is 0 Å². The van der Waals surface area contributed by atoms with Gasteiger partial charge in [0.1, 0.15) is 11.2 Å². The number of benzene rings is 2. The van der Waals surface area contributed by atoms with Crippen molar-refractivity contribution in [1.82, 2.24) is 9.13 Å². The lowest BCUT2D eigenvalue weighted by atomic mass is 10.1. The van der Waals surface area contributed by atoms with Gasteiger partial charge in [0.2, 0.25) is 5.91 Å². The summed E-state index contributed by atoms with van der Waals surface area (Å²) in [7, 11) is 0. The first kappa shape index (κ1) is 20.5. The van der Waals surface area contributed by atoms with E-state index in [1.54, 1.807) is 17.5 Å². The van der Waals surface area contributed by atoms with Crippen LogP contribution < -0.4 is 16.6 Å². The molecule has 0 unspecified atom stereocenters. The number of nitrogens with zero attached hydrogens (tertiary/aromatic N) is 2. The summed E-state index contributed by atoms with van der Waals surface area (Å²) in [4.78, 5) is 39.5. The van der Waals surface area contributed by atoms with Gasteiger partial charge in [-0.1, -0.05) is 18.2 Å². The van der Waals surface area contributed by atoms with Crippen LogP contribution in [-0.2, 0) is 24.2 Å². The number of thiophene rings is 1. The molecule has 5 rings (SSSR count). The molecule has 0 saturated heterocycles. The third kappa shape index (κ3) is 3.39. The molecule has 1 aliphatic carbocycles. The van der Waals surface area contributed by atoms with E-state index in [0.29, 0.717) is 15.9 Å². The molecule has 2 heterocycles. The molecule has 162 valence electrons. The second kappa shape index (κ2) is 7.91. The van der Waals surface area contributed by atoms with E-state index < -0.39 is 5.69 Å². The maximum absolute atomic E-state index is 13.5. The van der Waals surface area contributed by atoms with Crippen LogP contribution in [0.3, 0.4) is 0 Å². The number of nitrogens with one attached hydrogen (secondary N) is 1. The van der Waals surface area contributed by atoms with Gasteiger partial charge >= 0.3 is 5.69 Å². The van der Waals surface area contributed by atoms with E-state index in [1.165, 1.54) is 31.6 Å². The monoisotopic (exact) mass is 445 g/mol. The van der Waals surface area contributed by atoms with Gasteiger partial charge in [-0.3, -0.25) is 14.2 Å². The van der Waals surface area contributed by atoms with E-state index in [9.17, 15) is 14.4 Å². The van der Waals surface area contributed by atoms with Crippen molar-refractivity contribution < 1.29 is 4.79 Å². The van der Waals surface area contributed by atoms with Crippen molar-refractivity contribution in [1.29, 1.82) is 0 Å². The van der Waals surface area contributed by atoms with E-state index in [0.717, 1.165) is 36.1 Å². The van der Waals surface area contributed by atoms with Gasteiger partial charge in [-0.2, -0.15) is 0 Å². The number of amides is 1. The van der Waals surface area contributed by atoms with Crippen molar-refractivity contribution in [3.63, 3.8) is 0 Å². The molecule has 1 aliphatic rings. The van der Waals surface area contributed by atoms with Crippen LogP contribution in [0.25, 0.3) is 15.9 Å². The Morgan fingerprint density at radius 1 is 1.06 bits per heavy atom. The number of anilines is 1. The summed E-state index contributed by atoms with van der Waals surface area (Å²) in [5.41, 5.74) is 5.33. The summed E-state index contributed by atoms with van der Waals surface area (Å²) in [6.07, 6.45) is 3.24. The molecule has 2 aromatic heterocycles. The van der Waals surface area contributed by atoms with Crippen LogP contribution in [-0.4, -0.2) is 15.0 Å². The molecule has 6 nitrogen and oxygen atoms in total. The molecule has 1 amide bonds. The number of carbonyl (C=O) groups is 1. The highest BCUT2D eigenvalue weighted by Crippen LogP contribution is 2.25. The molecule has 0 saturated carbocycles. The Morgan fingerprint density at radius 2 is 1.88 bits per heavy atom. The van der Waals surface area contributed by atoms with Gasteiger partial charge in [-0.05, 0) is 85.0 Å². The first-order chi connectivity index (χ1) is 15.4. The van der Waals surface area contributed by atoms with Gasteiger partial charge < -0.3 is 5.32 Å². The van der Waals surface area contributed by atoms with Crippen molar-refractivity contribution in [2.24, 2.45) is 0 Å². The van der Waals surface area contributed by atoms with Crippen LogP contribution in [0.1, 0.15) is 28.7 Å². The number of carbonyl (C=O) groups excluding carboxylic acids is 1. The molecular formula is C25H23N3O3S. The zero-order valence-corrected chi connectivity index (χ0v) is 18.8. The molecule has 0 atom stereocenters. The van der Waals surface area contributed by atoms with E-state index in [-0.39, 0.29) is 18.0 Å². The van der Waals surface area contributed by atoms with Crippen molar-refractivity contribution in [2.75, 3.05) is 5.32 Å². The summed E-state index contributed by atoms with van der Waals surface area (Å²) >= 11 is 1.28. The first-order valence-corrected chi connectivity index (χ1v) is 11.5. The second-order valence-electron chi connectivity index (χ2n) is 8.25. The molecule has 0 spiro atoms. The minimum atomic E-state index is -0.515. The van der Waals surface area contributed by atoms with E-state index in [4.69, 9.17) is 0 Å². The fraction of sp³-hybridized carbons (Fsp3) is 0.240. The van der Waals surface area contributed by atoms with Gasteiger partial charge in [0.05, 0.1) is 11.2 Å². The summed E-state index contributed by atoms with van der Waals surface area (Å²) in [6.45, 7) is 3.66. The summed E-state index contributed by atoms with van der Waals surface area (Å²) < 4.78 is 3.03. The molecule has 0 bridgehead atoms. The highest BCUT2D eigenvalue weighted by molar-refractivity contribution is 7.17. The lowest BCUT2D eigenvalue weighted by Crippen LogP contribution is -2.40. The number of rotatable bonds is 4. The Balaban J connectivity index is 1.56. The lowest BCUT2D eigenvalue weighted by molar-refractivity contribution is -0.116. The minimum Gasteiger partial charge on any atom is -0.325 e. The van der Waals surface area contributed by atoms with E-state index >= 15 is 0 Å². The molecule has 7 heteroatoms. The standard InChI is InChI=1S/C25H23N3O3S/c1-15-5-3-8-20(16(15)2)28-24(30)23-21(11-12-32-23)27(25(28)31)14-22(29)26-19-10-9-17-6-4-7-18(17)13-19/h3,5,8-13H,4,6-7,14H2,1-2H3,(H,26,29). The van der Waals surface area contributed by atoms with Crippen LogP contribution >= 0.6 is 11.3 Å². The zero-order chi connectivity index (χ0) is 22.4. The normalized spacial score (nSPS) is 12.8. The van der Waals surface area contributed by atoms with Crippen molar-refractivity contribution in [3.05, 3.63) is 90.9 Å². The van der Waals surface area contributed by atoms with Crippen LogP contribution in [0, 0.1) is 13.8 Å². The topological polar surface area (TPSA) is 73.1 Å². The highest BCUT2D eigenvalue weighted by atomic mass is 32.1. The SMILES string of the molecule is Cc1cccc(-n2c(=O)c3sccc3n(CC(=O)Nc3ccc4c(c3)CCC4)c2=O)c1C. The quantitative estimate of drug-likeness (QED) is 0.517. The Kier molecular flexibility index (Phi) is 5.06. The van der Waals surface area contributed by atoms with Gasteiger partial charge in [-0.15, -0.1) is 11.3 Å². The van der Waals surface area contributed by atoms with Gasteiger partial charge in [0.15, 0.2) is 0 Å². The molecule has 0 fully saturated rings. The van der Waals surface area contributed by atoms with Gasteiger partial charge in [0, 0.05) is 5.69 Å². The number of hydrogen-bond donors (Lipinski definition) is 1. The minimum absolute atomic E-state index is 0.172. The molecule has 32 heavy (non-hydrogen) atoms. The van der Waals surface area contributed by atoms with Crippen molar-refractivity contribution in [2.45, 2.75) is 39.7 Å². The molecular weight excluding hydrogens is 422 g/mol. The average Bonchev–Trinajstić information content (AvgIpc) is 3.43. The maximum Gasteiger partial charge on any atom is 0.336 e. The second-order valence-corrected chi connectivity index (χ2v) is 9.16. The van der Waals surface area contributed by atoms with Crippen LogP contribution in [0.4, 0.5) is 5.69 Å².